The van der Waals surface area contributed by atoms with Gasteiger partial charge in [-0.15, -0.1) is 0 Å². The summed E-state index contributed by atoms with van der Waals surface area (Å²) in [4.78, 5) is 4.27. The second-order valence-electron chi connectivity index (χ2n) is 6.57. The molecule has 28 heavy (non-hydrogen) atoms. The fraction of sp³-hybridized carbons (Fsp3) is 0.381. The summed E-state index contributed by atoms with van der Waals surface area (Å²) in [6, 6.07) is 10.9. The second kappa shape index (κ2) is 8.82. The van der Waals surface area contributed by atoms with E-state index >= 15 is 0 Å². The van der Waals surface area contributed by atoms with Crippen molar-refractivity contribution < 1.29 is 18.6 Å². The van der Waals surface area contributed by atoms with Crippen molar-refractivity contribution in [2.75, 3.05) is 28.4 Å². The van der Waals surface area contributed by atoms with Crippen LogP contribution >= 0.6 is 0 Å². The van der Waals surface area contributed by atoms with E-state index in [2.05, 4.69) is 15.6 Å². The van der Waals surface area contributed by atoms with Crippen molar-refractivity contribution in [1.82, 2.24) is 10.6 Å². The normalized spacial score (nSPS) is 18.4. The molecule has 2 N–H and O–H groups in total. The lowest BCUT2D eigenvalue weighted by molar-refractivity contribution is 0.323. The van der Waals surface area contributed by atoms with Crippen molar-refractivity contribution in [3.05, 3.63) is 53.3 Å². The summed E-state index contributed by atoms with van der Waals surface area (Å²) in [5, 5.41) is 6.63. The number of aliphatic imine (C=N–C) groups is 1. The lowest BCUT2D eigenvalue weighted by Crippen LogP contribution is -2.38. The predicted molar refractivity (Wildman–Crippen MR) is 107 cm³/mol. The lowest BCUT2D eigenvalue weighted by Gasteiger charge is -2.16. The minimum atomic E-state index is -0.155. The summed E-state index contributed by atoms with van der Waals surface area (Å²) in [7, 11) is 6.46. The SMILES string of the molecule is CN=C(NCc1cc(OC)c(OC)c(OC)c1)NC1CC1c1ccccc1F. The molecule has 2 aromatic rings. The predicted octanol–water partition coefficient (Wildman–Crippen LogP) is 3.07. The molecule has 0 aliphatic heterocycles. The maximum absolute atomic E-state index is 13.9. The average molecular weight is 387 g/mol. The van der Waals surface area contributed by atoms with Gasteiger partial charge in [0.05, 0.1) is 21.3 Å². The number of hydrogen-bond donors (Lipinski definition) is 2. The monoisotopic (exact) mass is 387 g/mol. The standard InChI is InChI=1S/C21H26FN3O3/c1-23-21(25-17-11-15(17)14-7-5-6-8-16(14)22)24-12-13-9-18(26-2)20(28-4)19(10-13)27-3/h5-10,15,17H,11-12H2,1-4H3,(H2,23,24,25). The molecule has 0 bridgehead atoms. The molecule has 0 amide bonds. The van der Waals surface area contributed by atoms with E-state index in [4.69, 9.17) is 14.2 Å². The molecule has 7 heteroatoms. The molecule has 0 heterocycles. The molecule has 1 fully saturated rings. The van der Waals surface area contributed by atoms with Gasteiger partial charge in [-0.1, -0.05) is 18.2 Å². The lowest BCUT2D eigenvalue weighted by atomic mass is 10.1. The number of benzene rings is 2. The third-order valence-corrected chi connectivity index (χ3v) is 4.83. The van der Waals surface area contributed by atoms with Crippen molar-refractivity contribution in [2.45, 2.75) is 24.9 Å². The van der Waals surface area contributed by atoms with Crippen molar-refractivity contribution in [3.8, 4) is 17.2 Å². The van der Waals surface area contributed by atoms with E-state index in [1.807, 2.05) is 24.3 Å². The maximum Gasteiger partial charge on any atom is 0.203 e. The van der Waals surface area contributed by atoms with E-state index in [0.29, 0.717) is 29.8 Å². The zero-order chi connectivity index (χ0) is 20.1. The smallest absolute Gasteiger partial charge is 0.203 e. The first-order chi connectivity index (χ1) is 13.6. The van der Waals surface area contributed by atoms with Crippen LogP contribution in [-0.4, -0.2) is 40.4 Å². The molecule has 0 saturated heterocycles. The number of methoxy groups -OCH3 is 3. The van der Waals surface area contributed by atoms with Crippen LogP contribution in [0.15, 0.2) is 41.4 Å². The first kappa shape index (κ1) is 19.8. The Labute approximate surface area is 164 Å². The summed E-state index contributed by atoms with van der Waals surface area (Å²) >= 11 is 0. The Bertz CT molecular complexity index is 832. The van der Waals surface area contributed by atoms with E-state index in [1.165, 1.54) is 6.07 Å². The van der Waals surface area contributed by atoms with Gasteiger partial charge in [0.1, 0.15) is 5.82 Å². The number of guanidine groups is 1. The molecule has 0 aromatic heterocycles. The highest BCUT2D eigenvalue weighted by Gasteiger charge is 2.40. The maximum atomic E-state index is 13.9. The van der Waals surface area contributed by atoms with Crippen LogP contribution in [0.2, 0.25) is 0 Å². The quantitative estimate of drug-likeness (QED) is 0.565. The molecule has 1 saturated carbocycles. The van der Waals surface area contributed by atoms with Crippen LogP contribution < -0.4 is 24.8 Å². The highest BCUT2D eigenvalue weighted by molar-refractivity contribution is 5.80. The molecule has 1 aliphatic carbocycles. The van der Waals surface area contributed by atoms with Crippen LogP contribution in [0.25, 0.3) is 0 Å². The van der Waals surface area contributed by atoms with Crippen LogP contribution in [0.1, 0.15) is 23.5 Å². The fourth-order valence-electron chi connectivity index (χ4n) is 3.27. The van der Waals surface area contributed by atoms with Crippen LogP contribution in [0, 0.1) is 5.82 Å². The minimum Gasteiger partial charge on any atom is -0.493 e. The first-order valence-electron chi connectivity index (χ1n) is 9.11. The Morgan fingerprint density at radius 1 is 1.11 bits per heavy atom. The van der Waals surface area contributed by atoms with Crippen LogP contribution in [0.3, 0.4) is 0 Å². The van der Waals surface area contributed by atoms with Gasteiger partial charge in [0.25, 0.3) is 0 Å². The Hall–Kier alpha value is -2.96. The third-order valence-electron chi connectivity index (χ3n) is 4.83. The van der Waals surface area contributed by atoms with Gasteiger partial charge in [-0.3, -0.25) is 4.99 Å². The molecule has 2 aromatic carbocycles. The van der Waals surface area contributed by atoms with Gasteiger partial charge in [0.2, 0.25) is 5.75 Å². The van der Waals surface area contributed by atoms with Gasteiger partial charge in [-0.2, -0.15) is 0 Å². The number of halogens is 1. The number of ether oxygens (including phenoxy) is 3. The first-order valence-corrected chi connectivity index (χ1v) is 9.11. The van der Waals surface area contributed by atoms with E-state index in [0.717, 1.165) is 17.5 Å². The van der Waals surface area contributed by atoms with Crippen LogP contribution in [0.5, 0.6) is 17.2 Å². The van der Waals surface area contributed by atoms with Crippen molar-refractivity contribution in [2.24, 2.45) is 4.99 Å². The fourth-order valence-corrected chi connectivity index (χ4v) is 3.27. The molecule has 150 valence electrons. The van der Waals surface area contributed by atoms with E-state index in [1.54, 1.807) is 34.4 Å². The molecule has 0 radical (unpaired) electrons. The Balaban J connectivity index is 1.62. The molecule has 0 spiro atoms. The number of nitrogens with zero attached hydrogens (tertiary/aromatic N) is 1. The summed E-state index contributed by atoms with van der Waals surface area (Å²) in [6.07, 6.45) is 0.881. The molecular weight excluding hydrogens is 361 g/mol. The summed E-state index contributed by atoms with van der Waals surface area (Å²) in [5.74, 6) is 2.43. The van der Waals surface area contributed by atoms with Crippen LogP contribution in [0.4, 0.5) is 4.39 Å². The average Bonchev–Trinajstić information content (AvgIpc) is 3.49. The van der Waals surface area contributed by atoms with Gasteiger partial charge in [-0.05, 0) is 35.7 Å². The largest absolute Gasteiger partial charge is 0.493 e. The van der Waals surface area contributed by atoms with Crippen LogP contribution in [-0.2, 0) is 6.54 Å². The van der Waals surface area contributed by atoms with Gasteiger partial charge < -0.3 is 24.8 Å². The van der Waals surface area contributed by atoms with E-state index in [-0.39, 0.29) is 17.8 Å². The number of rotatable bonds is 7. The van der Waals surface area contributed by atoms with Gasteiger partial charge in [-0.25, -0.2) is 4.39 Å². The van der Waals surface area contributed by atoms with Gasteiger partial charge in [0.15, 0.2) is 17.5 Å². The molecule has 2 atom stereocenters. The Morgan fingerprint density at radius 3 is 2.36 bits per heavy atom. The highest BCUT2D eigenvalue weighted by Crippen LogP contribution is 2.42. The van der Waals surface area contributed by atoms with E-state index in [9.17, 15) is 4.39 Å². The second-order valence-corrected chi connectivity index (χ2v) is 6.57. The molecular formula is C21H26FN3O3. The Morgan fingerprint density at radius 2 is 1.79 bits per heavy atom. The molecule has 3 rings (SSSR count). The zero-order valence-electron chi connectivity index (χ0n) is 16.6. The molecule has 6 nitrogen and oxygen atoms in total. The highest BCUT2D eigenvalue weighted by atomic mass is 19.1. The summed E-state index contributed by atoms with van der Waals surface area (Å²) in [6.45, 7) is 0.521. The topological polar surface area (TPSA) is 64.1 Å². The number of hydrogen-bond acceptors (Lipinski definition) is 4. The number of nitrogens with one attached hydrogen (secondary N) is 2. The Kier molecular flexibility index (Phi) is 6.23. The van der Waals surface area contributed by atoms with Crippen molar-refractivity contribution in [3.63, 3.8) is 0 Å². The summed E-state index contributed by atoms with van der Waals surface area (Å²) in [5.41, 5.74) is 1.71. The molecule has 1 aliphatic rings. The van der Waals surface area contributed by atoms with E-state index < -0.39 is 0 Å². The van der Waals surface area contributed by atoms with Gasteiger partial charge in [0, 0.05) is 25.6 Å². The summed E-state index contributed by atoms with van der Waals surface area (Å²) < 4.78 is 30.1. The molecule has 2 unspecified atom stereocenters. The third kappa shape index (κ3) is 4.30. The minimum absolute atomic E-state index is 0.155. The van der Waals surface area contributed by atoms with Crippen molar-refractivity contribution >= 4 is 5.96 Å². The zero-order valence-corrected chi connectivity index (χ0v) is 16.6. The van der Waals surface area contributed by atoms with Crippen molar-refractivity contribution in [1.29, 1.82) is 0 Å². The van der Waals surface area contributed by atoms with Gasteiger partial charge >= 0.3 is 0 Å².